The van der Waals surface area contributed by atoms with Gasteiger partial charge in [-0.3, -0.25) is 4.79 Å². The highest BCUT2D eigenvalue weighted by Gasteiger charge is 2.15. The van der Waals surface area contributed by atoms with Crippen LogP contribution < -0.4 is 14.9 Å². The minimum atomic E-state index is -0.443. The van der Waals surface area contributed by atoms with Crippen LogP contribution in [-0.4, -0.2) is 36.1 Å². The molecule has 0 unspecified atom stereocenters. The molecule has 1 amide bonds. The van der Waals surface area contributed by atoms with Crippen molar-refractivity contribution in [2.24, 2.45) is 5.10 Å². The lowest BCUT2D eigenvalue weighted by Gasteiger charge is -2.12. The second-order valence-corrected chi connectivity index (χ2v) is 5.72. The molecule has 25 heavy (non-hydrogen) atoms. The van der Waals surface area contributed by atoms with Crippen LogP contribution in [0.3, 0.4) is 0 Å². The largest absolute Gasteiger partial charge is 0.504 e. The summed E-state index contributed by atoms with van der Waals surface area (Å²) in [5.74, 6) is 0.00250. The Bertz CT molecular complexity index is 808. The quantitative estimate of drug-likeness (QED) is 0.387. The summed E-state index contributed by atoms with van der Waals surface area (Å²) in [6.07, 6.45) is 1.35. The van der Waals surface area contributed by atoms with E-state index in [2.05, 4.69) is 26.5 Å². The van der Waals surface area contributed by atoms with E-state index < -0.39 is 5.91 Å². The summed E-state index contributed by atoms with van der Waals surface area (Å²) in [5, 5.41) is 22.5. The molecule has 0 saturated heterocycles. The number of rotatable bonds is 6. The van der Waals surface area contributed by atoms with Crippen LogP contribution in [0.15, 0.2) is 39.9 Å². The zero-order valence-electron chi connectivity index (χ0n) is 13.6. The van der Waals surface area contributed by atoms with E-state index in [1.165, 1.54) is 25.5 Å². The first kappa shape index (κ1) is 18.6. The minimum absolute atomic E-state index is 0.229. The molecule has 0 aliphatic heterocycles. The molecule has 0 bridgehead atoms. The molecule has 3 N–H and O–H groups in total. The number of carbonyl (C=O) groups excluding carboxylic acids is 1. The number of aromatic hydroxyl groups is 2. The van der Waals surface area contributed by atoms with Gasteiger partial charge < -0.3 is 19.7 Å². The van der Waals surface area contributed by atoms with Crippen molar-refractivity contribution in [2.45, 2.75) is 6.92 Å². The summed E-state index contributed by atoms with van der Waals surface area (Å²) in [6.45, 7) is 2.31. The molecular formula is C17H17BrN2O5. The Morgan fingerprint density at radius 2 is 2.04 bits per heavy atom. The van der Waals surface area contributed by atoms with Crippen molar-refractivity contribution >= 4 is 28.1 Å². The summed E-state index contributed by atoms with van der Waals surface area (Å²) < 4.78 is 11.3. The van der Waals surface area contributed by atoms with E-state index in [0.29, 0.717) is 33.7 Å². The van der Waals surface area contributed by atoms with Crippen molar-refractivity contribution in [2.75, 3.05) is 13.7 Å². The molecule has 2 aromatic carbocycles. The lowest BCUT2D eigenvalue weighted by Crippen LogP contribution is -2.18. The van der Waals surface area contributed by atoms with Gasteiger partial charge in [-0.2, -0.15) is 5.10 Å². The maximum absolute atomic E-state index is 12.2. The third-order valence-electron chi connectivity index (χ3n) is 3.16. The van der Waals surface area contributed by atoms with Gasteiger partial charge in [0.25, 0.3) is 5.91 Å². The Morgan fingerprint density at radius 1 is 1.28 bits per heavy atom. The van der Waals surface area contributed by atoms with Crippen molar-refractivity contribution < 1.29 is 24.5 Å². The first-order chi connectivity index (χ1) is 12.0. The molecule has 0 fully saturated rings. The van der Waals surface area contributed by atoms with Crippen LogP contribution in [0.4, 0.5) is 0 Å². The van der Waals surface area contributed by atoms with Gasteiger partial charge in [-0.15, -0.1) is 0 Å². The number of phenols is 2. The van der Waals surface area contributed by atoms with Crippen LogP contribution >= 0.6 is 15.9 Å². The monoisotopic (exact) mass is 408 g/mol. The van der Waals surface area contributed by atoms with Gasteiger partial charge in [0.1, 0.15) is 0 Å². The average molecular weight is 409 g/mol. The van der Waals surface area contributed by atoms with Crippen LogP contribution in [0, 0.1) is 0 Å². The molecule has 2 aromatic rings. The van der Waals surface area contributed by atoms with E-state index >= 15 is 0 Å². The molecule has 2 rings (SSSR count). The third-order valence-corrected chi connectivity index (χ3v) is 3.75. The molecule has 0 aliphatic carbocycles. The van der Waals surface area contributed by atoms with Crippen molar-refractivity contribution in [1.82, 2.24) is 5.43 Å². The van der Waals surface area contributed by atoms with Gasteiger partial charge in [0.2, 0.25) is 0 Å². The first-order valence-corrected chi connectivity index (χ1v) is 8.11. The fraction of sp³-hybridized carbons (Fsp3) is 0.176. The van der Waals surface area contributed by atoms with Gasteiger partial charge in [-0.25, -0.2) is 5.43 Å². The summed E-state index contributed by atoms with van der Waals surface area (Å²) >= 11 is 3.35. The molecule has 0 radical (unpaired) electrons. The fourth-order valence-corrected chi connectivity index (χ4v) is 2.54. The fourth-order valence-electron chi connectivity index (χ4n) is 1.99. The predicted molar refractivity (Wildman–Crippen MR) is 96.7 cm³/mol. The number of nitrogens with one attached hydrogen (secondary N) is 1. The van der Waals surface area contributed by atoms with E-state index in [9.17, 15) is 15.0 Å². The minimum Gasteiger partial charge on any atom is -0.504 e. The number of nitrogens with zero attached hydrogens (tertiary/aromatic N) is 1. The van der Waals surface area contributed by atoms with Crippen LogP contribution in [0.5, 0.6) is 23.0 Å². The maximum Gasteiger partial charge on any atom is 0.271 e. The van der Waals surface area contributed by atoms with Crippen LogP contribution in [-0.2, 0) is 0 Å². The van der Waals surface area contributed by atoms with Gasteiger partial charge in [0.05, 0.1) is 24.4 Å². The van der Waals surface area contributed by atoms with E-state index in [0.717, 1.165) is 0 Å². The number of hydrogen-bond donors (Lipinski definition) is 3. The van der Waals surface area contributed by atoms with Gasteiger partial charge >= 0.3 is 0 Å². The molecule has 7 nitrogen and oxygen atoms in total. The number of phenolic OH excluding ortho intramolecular Hbond substituents is 2. The average Bonchev–Trinajstić information content (AvgIpc) is 2.59. The standard InChI is InChI=1S/C17H17BrN2O5/c1-3-25-16-12(18)7-11(8-15(16)24-2)17(23)20-19-9-10-4-5-13(21)14(22)6-10/h4-9,21-22H,3H2,1-2H3,(H,20,23)/b19-9+. The van der Waals surface area contributed by atoms with Gasteiger partial charge in [0, 0.05) is 5.56 Å². The Labute approximate surface area is 153 Å². The topological polar surface area (TPSA) is 100 Å². The zero-order valence-corrected chi connectivity index (χ0v) is 15.2. The second kappa shape index (κ2) is 8.39. The van der Waals surface area contributed by atoms with E-state index in [1.54, 1.807) is 18.2 Å². The van der Waals surface area contributed by atoms with Crippen molar-refractivity contribution in [3.63, 3.8) is 0 Å². The number of hydrazone groups is 1. The summed E-state index contributed by atoms with van der Waals surface area (Å²) in [5.41, 5.74) is 3.23. The molecule has 132 valence electrons. The molecule has 0 spiro atoms. The van der Waals surface area contributed by atoms with E-state index in [-0.39, 0.29) is 11.5 Å². The highest BCUT2D eigenvalue weighted by atomic mass is 79.9. The SMILES string of the molecule is CCOc1c(Br)cc(C(=O)N/N=C/c2ccc(O)c(O)c2)cc1OC. The third kappa shape index (κ3) is 4.63. The molecular weight excluding hydrogens is 392 g/mol. The molecule has 8 heteroatoms. The summed E-state index contributed by atoms with van der Waals surface area (Å²) in [4.78, 5) is 12.2. The molecule has 0 atom stereocenters. The zero-order chi connectivity index (χ0) is 18.4. The van der Waals surface area contributed by atoms with Crippen LogP contribution in [0.2, 0.25) is 0 Å². The van der Waals surface area contributed by atoms with Gasteiger partial charge in [0.15, 0.2) is 23.0 Å². The lowest BCUT2D eigenvalue weighted by atomic mass is 10.2. The predicted octanol–water partition coefficient (Wildman–Crippen LogP) is 3.03. The summed E-state index contributed by atoms with van der Waals surface area (Å²) in [6, 6.07) is 7.34. The Balaban J connectivity index is 2.13. The smallest absolute Gasteiger partial charge is 0.271 e. The van der Waals surface area contributed by atoms with Crippen molar-refractivity contribution in [3.8, 4) is 23.0 Å². The molecule has 0 aliphatic rings. The van der Waals surface area contributed by atoms with E-state index in [4.69, 9.17) is 9.47 Å². The Hall–Kier alpha value is -2.74. The first-order valence-electron chi connectivity index (χ1n) is 7.32. The van der Waals surface area contributed by atoms with Crippen molar-refractivity contribution in [1.29, 1.82) is 0 Å². The second-order valence-electron chi connectivity index (χ2n) is 4.87. The molecule has 0 heterocycles. The lowest BCUT2D eigenvalue weighted by molar-refractivity contribution is 0.0954. The van der Waals surface area contributed by atoms with Gasteiger partial charge in [-0.05, 0) is 58.7 Å². The number of benzene rings is 2. The highest BCUT2D eigenvalue weighted by molar-refractivity contribution is 9.10. The number of halogens is 1. The summed E-state index contributed by atoms with van der Waals surface area (Å²) in [7, 11) is 1.49. The van der Waals surface area contributed by atoms with Crippen molar-refractivity contribution in [3.05, 3.63) is 45.9 Å². The molecule has 0 saturated carbocycles. The number of ether oxygens (including phenoxy) is 2. The van der Waals surface area contributed by atoms with Crippen LogP contribution in [0.1, 0.15) is 22.8 Å². The van der Waals surface area contributed by atoms with E-state index in [1.807, 2.05) is 6.92 Å². The maximum atomic E-state index is 12.2. The normalized spacial score (nSPS) is 10.7. The van der Waals surface area contributed by atoms with Crippen LogP contribution in [0.25, 0.3) is 0 Å². The number of carbonyl (C=O) groups is 1. The Morgan fingerprint density at radius 3 is 2.68 bits per heavy atom. The van der Waals surface area contributed by atoms with Gasteiger partial charge in [-0.1, -0.05) is 0 Å². The number of hydrogen-bond acceptors (Lipinski definition) is 6. The Kier molecular flexibility index (Phi) is 6.24. The number of amides is 1. The molecule has 0 aromatic heterocycles. The highest BCUT2D eigenvalue weighted by Crippen LogP contribution is 2.36. The number of methoxy groups -OCH3 is 1.